The van der Waals surface area contributed by atoms with E-state index in [-0.39, 0.29) is 4.21 Å². The van der Waals surface area contributed by atoms with Crippen LogP contribution in [0.2, 0.25) is 0 Å². The minimum atomic E-state index is -3.49. The predicted molar refractivity (Wildman–Crippen MR) is 76.6 cm³/mol. The highest BCUT2D eigenvalue weighted by Crippen LogP contribution is 2.20. The molecule has 106 valence electrons. The molecule has 1 unspecified atom stereocenters. The summed E-state index contributed by atoms with van der Waals surface area (Å²) < 4.78 is 26.7. The summed E-state index contributed by atoms with van der Waals surface area (Å²) in [6.45, 7) is 5.22. The number of rotatable bonds is 7. The number of thiophene rings is 1. The molecule has 1 N–H and O–H groups in total. The molecule has 0 aliphatic rings. The monoisotopic (exact) mass is 301 g/mol. The Hall–Kier alpha value is -0.940. The van der Waals surface area contributed by atoms with E-state index in [0.717, 1.165) is 17.8 Å². The van der Waals surface area contributed by atoms with Gasteiger partial charge in [0, 0.05) is 19.1 Å². The molecule has 7 heteroatoms. The van der Waals surface area contributed by atoms with Crippen molar-refractivity contribution in [3.63, 3.8) is 0 Å². The van der Waals surface area contributed by atoms with E-state index in [0.29, 0.717) is 24.0 Å². The van der Waals surface area contributed by atoms with Crippen LogP contribution in [0.25, 0.3) is 0 Å². The minimum absolute atomic E-state index is 0.190. The largest absolute Gasteiger partial charge is 0.302 e. The van der Waals surface area contributed by atoms with Gasteiger partial charge in [-0.3, -0.25) is 0 Å². The third-order valence-corrected chi connectivity index (χ3v) is 6.00. The van der Waals surface area contributed by atoms with E-state index in [9.17, 15) is 8.42 Å². The van der Waals surface area contributed by atoms with Crippen molar-refractivity contribution in [2.45, 2.75) is 30.5 Å². The van der Waals surface area contributed by atoms with Crippen molar-refractivity contribution < 1.29 is 8.42 Å². The Morgan fingerprint density at radius 3 is 2.74 bits per heavy atom. The SMILES string of the molecule is CCC(C)N(C)CCNS(=O)(=O)c1ccc(C#N)s1. The van der Waals surface area contributed by atoms with E-state index in [4.69, 9.17) is 5.26 Å². The number of nitrogens with zero attached hydrogens (tertiary/aromatic N) is 2. The lowest BCUT2D eigenvalue weighted by Gasteiger charge is -2.23. The van der Waals surface area contributed by atoms with Crippen LogP contribution in [0.3, 0.4) is 0 Å². The third kappa shape index (κ3) is 4.58. The van der Waals surface area contributed by atoms with Crippen molar-refractivity contribution in [3.8, 4) is 6.07 Å². The van der Waals surface area contributed by atoms with E-state index in [1.807, 2.05) is 13.1 Å². The highest BCUT2D eigenvalue weighted by Gasteiger charge is 2.17. The Morgan fingerprint density at radius 1 is 1.53 bits per heavy atom. The number of hydrogen-bond acceptors (Lipinski definition) is 5. The van der Waals surface area contributed by atoms with Crippen LogP contribution in [-0.4, -0.2) is 39.5 Å². The molecule has 1 rings (SSSR count). The van der Waals surface area contributed by atoms with Gasteiger partial charge in [0.05, 0.1) is 0 Å². The third-order valence-electron chi connectivity index (χ3n) is 3.06. The highest BCUT2D eigenvalue weighted by molar-refractivity contribution is 7.91. The number of hydrogen-bond donors (Lipinski definition) is 1. The smallest absolute Gasteiger partial charge is 0.250 e. The maximum atomic E-state index is 12.0. The summed E-state index contributed by atoms with van der Waals surface area (Å²) in [6, 6.07) is 5.34. The summed E-state index contributed by atoms with van der Waals surface area (Å²) in [5.41, 5.74) is 0. The zero-order valence-corrected chi connectivity index (χ0v) is 13.0. The Balaban J connectivity index is 2.55. The first-order valence-corrected chi connectivity index (χ1v) is 8.40. The zero-order valence-electron chi connectivity index (χ0n) is 11.4. The van der Waals surface area contributed by atoms with Crippen LogP contribution in [-0.2, 0) is 10.0 Å². The quantitative estimate of drug-likeness (QED) is 0.830. The summed E-state index contributed by atoms with van der Waals surface area (Å²) in [5.74, 6) is 0. The van der Waals surface area contributed by atoms with Crippen LogP contribution < -0.4 is 4.72 Å². The minimum Gasteiger partial charge on any atom is -0.302 e. The van der Waals surface area contributed by atoms with Gasteiger partial charge in [0.1, 0.15) is 15.2 Å². The van der Waals surface area contributed by atoms with E-state index in [1.54, 1.807) is 0 Å². The average Bonchev–Trinajstić information content (AvgIpc) is 2.86. The summed E-state index contributed by atoms with van der Waals surface area (Å²) in [4.78, 5) is 2.51. The lowest BCUT2D eigenvalue weighted by atomic mass is 10.2. The van der Waals surface area contributed by atoms with Crippen molar-refractivity contribution in [2.75, 3.05) is 20.1 Å². The van der Waals surface area contributed by atoms with E-state index < -0.39 is 10.0 Å². The first-order chi connectivity index (χ1) is 8.90. The number of nitrogens with one attached hydrogen (secondary N) is 1. The standard InChI is InChI=1S/C12H19N3O2S2/c1-4-10(2)15(3)8-7-14-19(16,17)12-6-5-11(9-13)18-12/h5-6,10,14H,4,7-8H2,1-3H3. The molecule has 19 heavy (non-hydrogen) atoms. The fourth-order valence-electron chi connectivity index (χ4n) is 1.48. The Labute approximate surface area is 118 Å². The molecule has 5 nitrogen and oxygen atoms in total. The molecular weight excluding hydrogens is 282 g/mol. The molecule has 0 amide bonds. The molecule has 0 spiro atoms. The molecule has 0 fully saturated rings. The first kappa shape index (κ1) is 16.1. The Morgan fingerprint density at radius 2 is 2.21 bits per heavy atom. The maximum Gasteiger partial charge on any atom is 0.250 e. The Bertz CT molecular complexity index is 546. The van der Waals surface area contributed by atoms with E-state index in [2.05, 4.69) is 23.5 Å². The molecule has 1 heterocycles. The lowest BCUT2D eigenvalue weighted by molar-refractivity contribution is 0.256. The van der Waals surface area contributed by atoms with Gasteiger partial charge in [-0.2, -0.15) is 5.26 Å². The van der Waals surface area contributed by atoms with Crippen LogP contribution in [0, 0.1) is 11.3 Å². The van der Waals surface area contributed by atoms with Crippen molar-refractivity contribution in [1.82, 2.24) is 9.62 Å². The maximum absolute atomic E-state index is 12.0. The van der Waals surface area contributed by atoms with Crippen molar-refractivity contribution >= 4 is 21.4 Å². The van der Waals surface area contributed by atoms with Gasteiger partial charge < -0.3 is 4.90 Å². The molecule has 1 aromatic rings. The van der Waals surface area contributed by atoms with Gasteiger partial charge in [-0.25, -0.2) is 13.1 Å². The van der Waals surface area contributed by atoms with Gasteiger partial charge >= 0.3 is 0 Å². The van der Waals surface area contributed by atoms with Gasteiger partial charge in [0.15, 0.2) is 0 Å². The summed E-state index contributed by atoms with van der Waals surface area (Å²) in [5, 5.41) is 8.69. The second-order valence-corrected chi connectivity index (χ2v) is 7.44. The molecule has 0 radical (unpaired) electrons. The van der Waals surface area contributed by atoms with Gasteiger partial charge in [0.2, 0.25) is 10.0 Å². The van der Waals surface area contributed by atoms with Crippen LogP contribution in [0.1, 0.15) is 25.1 Å². The van der Waals surface area contributed by atoms with E-state index in [1.165, 1.54) is 12.1 Å². The van der Waals surface area contributed by atoms with Gasteiger partial charge in [0.25, 0.3) is 0 Å². The van der Waals surface area contributed by atoms with E-state index >= 15 is 0 Å². The average molecular weight is 301 g/mol. The van der Waals surface area contributed by atoms with Crippen LogP contribution in [0.4, 0.5) is 0 Å². The molecular formula is C12H19N3O2S2. The highest BCUT2D eigenvalue weighted by atomic mass is 32.2. The second kappa shape index (κ2) is 7.01. The molecule has 1 aromatic heterocycles. The van der Waals surface area contributed by atoms with Crippen LogP contribution >= 0.6 is 11.3 Å². The Kier molecular flexibility index (Phi) is 5.94. The van der Waals surface area contributed by atoms with Gasteiger partial charge in [-0.05, 0) is 32.5 Å². The molecule has 1 atom stereocenters. The molecule has 0 aliphatic carbocycles. The van der Waals surface area contributed by atoms with Gasteiger partial charge in [-0.1, -0.05) is 6.92 Å². The molecule has 0 aliphatic heterocycles. The summed E-state index contributed by atoms with van der Waals surface area (Å²) >= 11 is 0.984. The van der Waals surface area contributed by atoms with Crippen molar-refractivity contribution in [2.24, 2.45) is 0 Å². The molecule has 0 aromatic carbocycles. The fourth-order valence-corrected chi connectivity index (χ4v) is 3.65. The second-order valence-electron chi connectivity index (χ2n) is 4.37. The molecule has 0 saturated heterocycles. The molecule has 0 bridgehead atoms. The number of sulfonamides is 1. The zero-order chi connectivity index (χ0) is 14.5. The summed E-state index contributed by atoms with van der Waals surface area (Å²) in [7, 11) is -1.51. The first-order valence-electron chi connectivity index (χ1n) is 6.10. The normalized spacial score (nSPS) is 13.4. The molecule has 0 saturated carbocycles. The van der Waals surface area contributed by atoms with Crippen molar-refractivity contribution in [1.29, 1.82) is 5.26 Å². The summed E-state index contributed by atoms with van der Waals surface area (Å²) in [6.07, 6.45) is 1.03. The fraction of sp³-hybridized carbons (Fsp3) is 0.583. The van der Waals surface area contributed by atoms with Crippen molar-refractivity contribution in [3.05, 3.63) is 17.0 Å². The lowest BCUT2D eigenvalue weighted by Crippen LogP contribution is -2.36. The van der Waals surface area contributed by atoms with Gasteiger partial charge in [-0.15, -0.1) is 11.3 Å². The predicted octanol–water partition coefficient (Wildman–Crippen LogP) is 1.63. The van der Waals surface area contributed by atoms with Crippen LogP contribution in [0.15, 0.2) is 16.3 Å². The number of likely N-dealkylation sites (N-methyl/N-ethyl adjacent to an activating group) is 1. The topological polar surface area (TPSA) is 73.2 Å². The van der Waals surface area contributed by atoms with Crippen LogP contribution in [0.5, 0.6) is 0 Å². The number of nitriles is 1.